The molecule has 5 nitrogen and oxygen atoms in total. The average molecular weight is 303 g/mol. The second-order valence-electron chi connectivity index (χ2n) is 3.33. The topological polar surface area (TPSA) is 104 Å². The molecule has 0 aliphatic heterocycles. The van der Waals surface area contributed by atoms with Gasteiger partial charge in [0.25, 0.3) is 0 Å². The van der Waals surface area contributed by atoms with E-state index in [-0.39, 0.29) is 22.7 Å². The molecule has 0 unspecified atom stereocenters. The lowest BCUT2D eigenvalue weighted by molar-refractivity contribution is 0.477. The second-order valence-corrected chi connectivity index (χ2v) is 4.24. The molecule has 0 heterocycles. The van der Waals surface area contributed by atoms with Crippen LogP contribution in [0.4, 0.5) is 5.69 Å². The molecule has 0 bridgehead atoms. The normalized spacial score (nSPS) is 8.61. The predicted molar refractivity (Wildman–Crippen MR) is 68.0 cm³/mol. The van der Waals surface area contributed by atoms with Gasteiger partial charge in [0.05, 0.1) is 5.69 Å². The molecule has 1 aromatic rings. The summed E-state index contributed by atoms with van der Waals surface area (Å²) >= 11 is 3.22. The van der Waals surface area contributed by atoms with Gasteiger partial charge in [0.15, 0.2) is 5.57 Å². The first-order valence-corrected chi connectivity index (χ1v) is 5.53. The lowest BCUT2D eigenvalue weighted by Gasteiger charge is -2.10. The number of aromatic hydroxyl groups is 1. The highest BCUT2D eigenvalue weighted by atomic mass is 79.9. The molecule has 0 atom stereocenters. The monoisotopic (exact) mass is 302 g/mol. The fourth-order valence-corrected chi connectivity index (χ4v) is 1.86. The van der Waals surface area contributed by atoms with E-state index in [1.165, 1.54) is 6.07 Å². The van der Waals surface area contributed by atoms with E-state index in [0.29, 0.717) is 10.0 Å². The van der Waals surface area contributed by atoms with E-state index in [2.05, 4.69) is 21.2 Å². The Morgan fingerprint density at radius 1 is 1.22 bits per heavy atom. The number of nitrogens with zero attached hydrogens (tertiary/aromatic N) is 3. The minimum atomic E-state index is -0.334. The first-order chi connectivity index (χ1) is 8.53. The van der Waals surface area contributed by atoms with E-state index in [4.69, 9.17) is 15.8 Å². The van der Waals surface area contributed by atoms with Gasteiger partial charge in [-0.2, -0.15) is 15.8 Å². The maximum atomic E-state index is 9.75. The summed E-state index contributed by atoms with van der Waals surface area (Å²) in [4.78, 5) is 0. The molecule has 88 valence electrons. The lowest BCUT2D eigenvalue weighted by Crippen LogP contribution is -2.02. The van der Waals surface area contributed by atoms with Gasteiger partial charge in [-0.15, -0.1) is 0 Å². The number of aryl methyl sites for hydroxylation is 1. The standard InChI is InChI=1S/C12H7BrN4O/c1-7-2-9(13)3-11(18)12(7)17-10(6-16)8(4-14)5-15/h2-3,17-18H,1H3. The van der Waals surface area contributed by atoms with Crippen molar-refractivity contribution in [1.29, 1.82) is 15.8 Å². The maximum Gasteiger partial charge on any atom is 0.163 e. The highest BCUT2D eigenvalue weighted by Crippen LogP contribution is 2.32. The van der Waals surface area contributed by atoms with Crippen LogP contribution in [-0.2, 0) is 0 Å². The van der Waals surface area contributed by atoms with Crippen LogP contribution in [0.1, 0.15) is 5.56 Å². The van der Waals surface area contributed by atoms with Crippen molar-refractivity contribution in [2.24, 2.45) is 0 Å². The summed E-state index contributed by atoms with van der Waals surface area (Å²) in [5.74, 6) is -0.0788. The zero-order valence-electron chi connectivity index (χ0n) is 9.32. The van der Waals surface area contributed by atoms with Gasteiger partial charge in [-0.25, -0.2) is 0 Å². The number of phenolic OH excluding ortho intramolecular Hbond substituents is 1. The van der Waals surface area contributed by atoms with Crippen LogP contribution in [0.15, 0.2) is 27.9 Å². The van der Waals surface area contributed by atoms with E-state index in [1.54, 1.807) is 31.2 Å². The third-order valence-corrected chi connectivity index (χ3v) is 2.57. The maximum absolute atomic E-state index is 9.75. The van der Waals surface area contributed by atoms with Crippen molar-refractivity contribution < 1.29 is 5.11 Å². The third kappa shape index (κ3) is 2.79. The molecule has 0 aromatic heterocycles. The second kappa shape index (κ2) is 5.72. The molecule has 1 rings (SSSR count). The van der Waals surface area contributed by atoms with Crippen molar-refractivity contribution in [2.75, 3.05) is 5.32 Å². The Bertz CT molecular complexity index is 605. The van der Waals surface area contributed by atoms with Gasteiger partial charge in [0.2, 0.25) is 0 Å². The molecule has 6 heteroatoms. The van der Waals surface area contributed by atoms with Crippen LogP contribution in [-0.4, -0.2) is 5.11 Å². The Morgan fingerprint density at radius 3 is 2.28 bits per heavy atom. The van der Waals surface area contributed by atoms with E-state index in [1.807, 2.05) is 0 Å². The molecule has 0 fully saturated rings. The largest absolute Gasteiger partial charge is 0.506 e. The molecule has 0 spiro atoms. The number of anilines is 1. The van der Waals surface area contributed by atoms with Gasteiger partial charge in [-0.05, 0) is 24.6 Å². The van der Waals surface area contributed by atoms with Crippen molar-refractivity contribution in [1.82, 2.24) is 0 Å². The Labute approximate surface area is 112 Å². The van der Waals surface area contributed by atoms with Crippen molar-refractivity contribution in [3.05, 3.63) is 33.4 Å². The number of phenols is 1. The Morgan fingerprint density at radius 2 is 1.83 bits per heavy atom. The van der Waals surface area contributed by atoms with Crippen molar-refractivity contribution in [3.63, 3.8) is 0 Å². The number of rotatable bonds is 2. The molecule has 0 saturated heterocycles. The van der Waals surface area contributed by atoms with Gasteiger partial charge in [-0.3, -0.25) is 0 Å². The number of nitrogens with one attached hydrogen (secondary N) is 1. The zero-order chi connectivity index (χ0) is 13.7. The van der Waals surface area contributed by atoms with Crippen LogP contribution in [0.25, 0.3) is 0 Å². The highest BCUT2D eigenvalue weighted by molar-refractivity contribution is 9.10. The van der Waals surface area contributed by atoms with Gasteiger partial charge in [-0.1, -0.05) is 15.9 Å². The quantitative estimate of drug-likeness (QED) is 0.645. The molecule has 1 aromatic carbocycles. The average Bonchev–Trinajstić information content (AvgIpc) is 2.32. The van der Waals surface area contributed by atoms with E-state index < -0.39 is 0 Å². The molecule has 18 heavy (non-hydrogen) atoms. The summed E-state index contributed by atoms with van der Waals surface area (Å²) in [7, 11) is 0. The van der Waals surface area contributed by atoms with Crippen LogP contribution in [0.5, 0.6) is 5.75 Å². The van der Waals surface area contributed by atoms with Crippen LogP contribution < -0.4 is 5.32 Å². The molecule has 0 aliphatic rings. The number of benzene rings is 1. The lowest BCUT2D eigenvalue weighted by atomic mass is 10.1. The Balaban J connectivity index is 3.30. The van der Waals surface area contributed by atoms with Crippen LogP contribution in [0.2, 0.25) is 0 Å². The number of hydrogen-bond acceptors (Lipinski definition) is 5. The van der Waals surface area contributed by atoms with Crippen molar-refractivity contribution in [3.8, 4) is 24.0 Å². The molecule has 2 N–H and O–H groups in total. The summed E-state index contributed by atoms with van der Waals surface area (Å²) in [5, 5.41) is 38.6. The third-order valence-electron chi connectivity index (χ3n) is 2.11. The van der Waals surface area contributed by atoms with Gasteiger partial charge >= 0.3 is 0 Å². The number of halogens is 1. The SMILES string of the molecule is Cc1cc(Br)cc(O)c1NC(C#N)=C(C#N)C#N. The first kappa shape index (κ1) is 13.6. The van der Waals surface area contributed by atoms with E-state index in [0.717, 1.165) is 0 Å². The summed E-state index contributed by atoms with van der Waals surface area (Å²) in [5.41, 5.74) is 0.433. The summed E-state index contributed by atoms with van der Waals surface area (Å²) in [6.07, 6.45) is 0. The number of nitriles is 3. The smallest absolute Gasteiger partial charge is 0.163 e. The summed E-state index contributed by atoms with van der Waals surface area (Å²) in [6, 6.07) is 8.13. The molecule has 0 radical (unpaired) electrons. The minimum absolute atomic E-state index is 0.0788. The molecule has 0 amide bonds. The van der Waals surface area contributed by atoms with Crippen molar-refractivity contribution >= 4 is 21.6 Å². The number of allylic oxidation sites excluding steroid dienone is 2. The molecular formula is C12H7BrN4O. The minimum Gasteiger partial charge on any atom is -0.506 e. The molecule has 0 aliphatic carbocycles. The first-order valence-electron chi connectivity index (χ1n) is 4.74. The van der Waals surface area contributed by atoms with E-state index >= 15 is 0 Å². The van der Waals surface area contributed by atoms with Crippen LogP contribution in [0, 0.1) is 40.9 Å². The number of hydrogen-bond donors (Lipinski definition) is 2. The van der Waals surface area contributed by atoms with E-state index in [9.17, 15) is 5.11 Å². The Hall–Kier alpha value is -2.49. The fraction of sp³-hybridized carbons (Fsp3) is 0.0833. The van der Waals surface area contributed by atoms with Gasteiger partial charge in [0, 0.05) is 4.47 Å². The van der Waals surface area contributed by atoms with Gasteiger partial charge < -0.3 is 10.4 Å². The van der Waals surface area contributed by atoms with Gasteiger partial charge in [0.1, 0.15) is 29.7 Å². The van der Waals surface area contributed by atoms with Crippen LogP contribution in [0.3, 0.4) is 0 Å². The predicted octanol–water partition coefficient (Wildman–Crippen LogP) is 2.70. The van der Waals surface area contributed by atoms with Crippen molar-refractivity contribution in [2.45, 2.75) is 6.92 Å². The van der Waals surface area contributed by atoms with Crippen LogP contribution >= 0.6 is 15.9 Å². The molecular weight excluding hydrogens is 296 g/mol. The summed E-state index contributed by atoms with van der Waals surface area (Å²) < 4.78 is 0.686. The fourth-order valence-electron chi connectivity index (χ4n) is 1.30. The Kier molecular flexibility index (Phi) is 4.32. The summed E-state index contributed by atoms with van der Waals surface area (Å²) in [6.45, 7) is 1.72. The molecule has 0 saturated carbocycles. The highest BCUT2D eigenvalue weighted by Gasteiger charge is 2.11. The zero-order valence-corrected chi connectivity index (χ0v) is 10.9.